The van der Waals surface area contributed by atoms with Gasteiger partial charge in [0.2, 0.25) is 0 Å². The van der Waals surface area contributed by atoms with Gasteiger partial charge in [-0.3, -0.25) is 9.59 Å². The number of aliphatic hydroxyl groups excluding tert-OH is 2. The van der Waals surface area contributed by atoms with Gasteiger partial charge in [0, 0.05) is 16.7 Å². The summed E-state index contributed by atoms with van der Waals surface area (Å²) < 4.78 is 15.6. The molecule has 0 spiro atoms. The van der Waals surface area contributed by atoms with Gasteiger partial charge < -0.3 is 15.3 Å². The standard InChI is InChI=1S/C21H26BrFO5/c1-19-7-13(22)15(25)6-12(19)14(23)5-10-11-3-4-21(28,17(27)9-24)20(11,2)8-16(26)18(10)19/h6-7,10-11,14,16,18,24,26,28H,3-5,8-9H2,1-2H3/t10-,11-,14+,16+,18+,19-,20-,21-/m0/s1. The van der Waals surface area contributed by atoms with Crippen molar-refractivity contribution in [3.8, 4) is 0 Å². The first-order chi connectivity index (χ1) is 13.0. The van der Waals surface area contributed by atoms with E-state index in [2.05, 4.69) is 15.9 Å². The van der Waals surface area contributed by atoms with E-state index in [-0.39, 0.29) is 42.8 Å². The summed E-state index contributed by atoms with van der Waals surface area (Å²) in [6.07, 6.45) is 1.99. The van der Waals surface area contributed by atoms with Crippen LogP contribution in [0.5, 0.6) is 0 Å². The summed E-state index contributed by atoms with van der Waals surface area (Å²) >= 11 is 3.27. The quantitative estimate of drug-likeness (QED) is 0.592. The molecule has 0 unspecified atom stereocenters. The fraction of sp³-hybridized carbons (Fsp3) is 0.714. The second kappa shape index (κ2) is 6.30. The number of rotatable bonds is 2. The molecule has 4 aliphatic carbocycles. The first-order valence-electron chi connectivity index (χ1n) is 9.83. The molecule has 0 radical (unpaired) electrons. The molecule has 0 heterocycles. The van der Waals surface area contributed by atoms with Crippen molar-refractivity contribution in [1.82, 2.24) is 0 Å². The molecule has 0 saturated heterocycles. The van der Waals surface area contributed by atoms with Crippen LogP contribution in [0.15, 0.2) is 22.2 Å². The van der Waals surface area contributed by atoms with E-state index >= 15 is 4.39 Å². The number of alkyl halides is 1. The van der Waals surface area contributed by atoms with Crippen molar-refractivity contribution >= 4 is 27.5 Å². The third-order valence-electron chi connectivity index (χ3n) is 8.29. The fourth-order valence-electron chi connectivity index (χ4n) is 6.99. The van der Waals surface area contributed by atoms with Crippen LogP contribution in [0.3, 0.4) is 0 Å². The number of Topliss-reactive ketones (excluding diaryl/α,β-unsaturated/α-hetero) is 1. The Bertz CT molecular complexity index is 809. The second-order valence-electron chi connectivity index (χ2n) is 9.41. The molecule has 4 rings (SSSR count). The van der Waals surface area contributed by atoms with Crippen molar-refractivity contribution < 1.29 is 29.3 Å². The summed E-state index contributed by atoms with van der Waals surface area (Å²) in [7, 11) is 0. The van der Waals surface area contributed by atoms with Crippen molar-refractivity contribution in [2.24, 2.45) is 28.6 Å². The molecule has 4 aliphatic rings. The van der Waals surface area contributed by atoms with E-state index < -0.39 is 41.1 Å². The number of aliphatic hydroxyl groups is 3. The Morgan fingerprint density at radius 2 is 2.07 bits per heavy atom. The summed E-state index contributed by atoms with van der Waals surface area (Å²) in [5.41, 5.74) is -3.03. The highest BCUT2D eigenvalue weighted by atomic mass is 79.9. The van der Waals surface area contributed by atoms with E-state index in [1.54, 1.807) is 13.0 Å². The van der Waals surface area contributed by atoms with Crippen LogP contribution >= 0.6 is 15.9 Å². The predicted molar refractivity (Wildman–Crippen MR) is 103 cm³/mol. The number of hydrogen-bond donors (Lipinski definition) is 3. The summed E-state index contributed by atoms with van der Waals surface area (Å²) in [5.74, 6) is -1.60. The van der Waals surface area contributed by atoms with E-state index in [4.69, 9.17) is 0 Å². The first kappa shape index (κ1) is 20.4. The summed E-state index contributed by atoms with van der Waals surface area (Å²) in [5, 5.41) is 31.7. The minimum absolute atomic E-state index is 0.150. The predicted octanol–water partition coefficient (Wildman–Crippen LogP) is 2.23. The number of carbonyl (C=O) groups excluding carboxylic acids is 2. The van der Waals surface area contributed by atoms with E-state index in [1.165, 1.54) is 6.08 Å². The number of fused-ring (bicyclic) bond motifs is 5. The molecule has 3 N–H and O–H groups in total. The van der Waals surface area contributed by atoms with Crippen LogP contribution in [0.25, 0.3) is 0 Å². The lowest BCUT2D eigenvalue weighted by molar-refractivity contribution is -0.180. The Labute approximate surface area is 171 Å². The number of hydrogen-bond acceptors (Lipinski definition) is 5. The molecule has 0 bridgehead atoms. The highest BCUT2D eigenvalue weighted by molar-refractivity contribution is 9.12. The van der Waals surface area contributed by atoms with Crippen molar-refractivity contribution in [2.75, 3.05) is 6.61 Å². The average Bonchev–Trinajstić information content (AvgIpc) is 2.88. The van der Waals surface area contributed by atoms with Gasteiger partial charge in [-0.1, -0.05) is 19.9 Å². The summed E-state index contributed by atoms with van der Waals surface area (Å²) in [6.45, 7) is 2.90. The SMILES string of the molecule is C[C@]12C=C(Br)C(=O)C=C1[C@H](F)C[C@@H]1[C@@H]2[C@H](O)C[C@@]2(C)[C@H]1CC[C@]2(O)C(=O)CO. The van der Waals surface area contributed by atoms with E-state index in [9.17, 15) is 24.9 Å². The van der Waals surface area contributed by atoms with Crippen LogP contribution in [0, 0.1) is 28.6 Å². The molecule has 3 saturated carbocycles. The smallest absolute Gasteiger partial charge is 0.192 e. The van der Waals surface area contributed by atoms with Crippen molar-refractivity contribution in [3.63, 3.8) is 0 Å². The van der Waals surface area contributed by atoms with Crippen LogP contribution in [-0.4, -0.2) is 51.4 Å². The van der Waals surface area contributed by atoms with Gasteiger partial charge in [-0.15, -0.1) is 0 Å². The zero-order valence-electron chi connectivity index (χ0n) is 16.0. The lowest BCUT2D eigenvalue weighted by Gasteiger charge is -2.60. The molecule has 3 fully saturated rings. The van der Waals surface area contributed by atoms with Gasteiger partial charge in [0.05, 0.1) is 10.6 Å². The fourth-order valence-corrected chi connectivity index (χ4v) is 7.58. The second-order valence-corrected chi connectivity index (χ2v) is 10.3. The van der Waals surface area contributed by atoms with Gasteiger partial charge in [-0.25, -0.2) is 4.39 Å². The number of halogens is 2. The van der Waals surface area contributed by atoms with E-state index in [0.717, 1.165) is 0 Å². The zero-order chi connectivity index (χ0) is 20.6. The number of ketones is 2. The van der Waals surface area contributed by atoms with Crippen molar-refractivity contribution in [1.29, 1.82) is 0 Å². The Morgan fingerprint density at radius 1 is 1.39 bits per heavy atom. The van der Waals surface area contributed by atoms with Crippen LogP contribution < -0.4 is 0 Å². The maximum Gasteiger partial charge on any atom is 0.192 e. The lowest BCUT2D eigenvalue weighted by Crippen LogP contribution is -2.62. The van der Waals surface area contributed by atoms with E-state index in [1.807, 2.05) is 6.92 Å². The van der Waals surface area contributed by atoms with Crippen LogP contribution in [0.2, 0.25) is 0 Å². The van der Waals surface area contributed by atoms with Gasteiger partial charge in [0.1, 0.15) is 18.4 Å². The molecular weight excluding hydrogens is 431 g/mol. The van der Waals surface area contributed by atoms with Gasteiger partial charge in [-0.2, -0.15) is 0 Å². The summed E-state index contributed by atoms with van der Waals surface area (Å²) in [4.78, 5) is 24.5. The van der Waals surface area contributed by atoms with Crippen molar-refractivity contribution in [2.45, 2.75) is 57.4 Å². The van der Waals surface area contributed by atoms with Gasteiger partial charge in [0.15, 0.2) is 11.6 Å². The van der Waals surface area contributed by atoms with Crippen LogP contribution in [0.4, 0.5) is 4.39 Å². The maximum atomic E-state index is 15.2. The molecule has 7 heteroatoms. The summed E-state index contributed by atoms with van der Waals surface area (Å²) in [6, 6.07) is 0. The zero-order valence-corrected chi connectivity index (χ0v) is 17.6. The topological polar surface area (TPSA) is 94.8 Å². The normalized spacial score (nSPS) is 50.2. The third kappa shape index (κ3) is 2.39. The van der Waals surface area contributed by atoms with Gasteiger partial charge in [0.25, 0.3) is 0 Å². The minimum Gasteiger partial charge on any atom is -0.393 e. The molecule has 0 aromatic carbocycles. The Morgan fingerprint density at radius 3 is 2.71 bits per heavy atom. The molecular formula is C21H26BrFO5. The minimum atomic E-state index is -1.71. The highest BCUT2D eigenvalue weighted by Gasteiger charge is 2.69. The molecule has 0 aromatic rings. The molecule has 8 atom stereocenters. The third-order valence-corrected chi connectivity index (χ3v) is 8.91. The Hall–Kier alpha value is -0.890. The van der Waals surface area contributed by atoms with Gasteiger partial charge in [-0.05, 0) is 65.1 Å². The van der Waals surface area contributed by atoms with Crippen molar-refractivity contribution in [3.05, 3.63) is 22.2 Å². The largest absolute Gasteiger partial charge is 0.393 e. The van der Waals surface area contributed by atoms with Crippen LogP contribution in [0.1, 0.15) is 39.5 Å². The average molecular weight is 457 g/mol. The molecule has 0 aromatic heterocycles. The van der Waals surface area contributed by atoms with E-state index in [0.29, 0.717) is 16.5 Å². The number of allylic oxidation sites excluding steroid dienone is 4. The number of carbonyl (C=O) groups is 2. The monoisotopic (exact) mass is 456 g/mol. The molecule has 154 valence electrons. The Kier molecular flexibility index (Phi) is 4.59. The maximum absolute atomic E-state index is 15.2. The molecule has 5 nitrogen and oxygen atoms in total. The lowest BCUT2D eigenvalue weighted by atomic mass is 9.46. The van der Waals surface area contributed by atoms with Gasteiger partial charge >= 0.3 is 0 Å². The van der Waals surface area contributed by atoms with Crippen LogP contribution in [-0.2, 0) is 9.59 Å². The highest BCUT2D eigenvalue weighted by Crippen LogP contribution is 2.67. The molecule has 0 amide bonds. The molecule has 0 aliphatic heterocycles. The molecule has 28 heavy (non-hydrogen) atoms. The Balaban J connectivity index is 1.80. The first-order valence-corrected chi connectivity index (χ1v) is 10.6.